The van der Waals surface area contributed by atoms with Crippen molar-refractivity contribution in [2.24, 2.45) is 0 Å². The van der Waals surface area contributed by atoms with Gasteiger partial charge in [0.1, 0.15) is 11.2 Å². The Morgan fingerprint density at radius 3 is 1.16 bits per heavy atom. The van der Waals surface area contributed by atoms with Gasteiger partial charge in [0.2, 0.25) is 0 Å². The van der Waals surface area contributed by atoms with Crippen molar-refractivity contribution in [2.45, 2.75) is 0 Å². The van der Waals surface area contributed by atoms with Crippen LogP contribution in [0.15, 0.2) is 229 Å². The second kappa shape index (κ2) is 13.4. The maximum atomic E-state index is 6.50. The van der Waals surface area contributed by atoms with Crippen LogP contribution < -0.4 is 0 Å². The summed E-state index contributed by atoms with van der Waals surface area (Å²) in [5, 5.41) is 9.66. The predicted molar refractivity (Wildman–Crippen MR) is 268 cm³/mol. The predicted octanol–water partition coefficient (Wildman–Crippen LogP) is 16.2. The zero-order valence-electron chi connectivity index (χ0n) is 34.6. The van der Waals surface area contributed by atoms with Gasteiger partial charge in [0, 0.05) is 60.2 Å². The largest absolute Gasteiger partial charge is 0.456 e. The third-order valence-electron chi connectivity index (χ3n) is 13.4. The zero-order chi connectivity index (χ0) is 41.9. The van der Waals surface area contributed by atoms with Crippen molar-refractivity contribution >= 4 is 87.4 Å². The smallest absolute Gasteiger partial charge is 0.135 e. The molecule has 4 aromatic heterocycles. The van der Waals surface area contributed by atoms with Crippen molar-refractivity contribution < 1.29 is 4.42 Å². The van der Waals surface area contributed by atoms with Crippen LogP contribution in [0.1, 0.15) is 0 Å². The number of hydrogen-bond donors (Lipinski definition) is 0. The van der Waals surface area contributed by atoms with Gasteiger partial charge in [0.05, 0.1) is 33.1 Å². The number of hydrogen-bond acceptors (Lipinski definition) is 1. The van der Waals surface area contributed by atoms with E-state index in [0.717, 1.165) is 44.6 Å². The van der Waals surface area contributed by atoms with Crippen molar-refractivity contribution in [3.05, 3.63) is 224 Å². The van der Waals surface area contributed by atoms with Gasteiger partial charge in [-0.1, -0.05) is 121 Å². The summed E-state index contributed by atoms with van der Waals surface area (Å²) in [6, 6.07) is 81.5. The van der Waals surface area contributed by atoms with Gasteiger partial charge in [0.25, 0.3) is 0 Å². The molecule has 4 nitrogen and oxygen atoms in total. The SMILES string of the molecule is c1ccc(-n2c3ccccc3c3cc(-c4ccc5oc6ccc(-n7c8ccccc8c8cc(-c9cccc(-n%10c%11ccccc%11c%11ccccc%11%10)c9)ccc87)cc6c5c4)ccc32)cc1. The molecule has 14 rings (SSSR count). The van der Waals surface area contributed by atoms with E-state index in [4.69, 9.17) is 4.42 Å². The number of furan rings is 1. The molecule has 0 atom stereocenters. The average Bonchev–Trinajstić information content (AvgIpc) is 4.10. The minimum Gasteiger partial charge on any atom is -0.456 e. The van der Waals surface area contributed by atoms with E-state index < -0.39 is 0 Å². The molecule has 0 unspecified atom stereocenters. The number of nitrogens with zero attached hydrogens (tertiary/aromatic N) is 3. The highest BCUT2D eigenvalue weighted by Crippen LogP contribution is 2.41. The first kappa shape index (κ1) is 35.0. The summed E-state index contributed by atoms with van der Waals surface area (Å²) in [7, 11) is 0. The molecule has 0 aliphatic carbocycles. The van der Waals surface area contributed by atoms with Crippen LogP contribution in [0, 0.1) is 0 Å². The van der Waals surface area contributed by atoms with Gasteiger partial charge >= 0.3 is 0 Å². The lowest BCUT2D eigenvalue weighted by atomic mass is 10.0. The van der Waals surface area contributed by atoms with Gasteiger partial charge in [-0.05, 0) is 125 Å². The summed E-state index contributed by atoms with van der Waals surface area (Å²) < 4.78 is 13.7. The first-order chi connectivity index (χ1) is 31.7. The molecule has 0 spiro atoms. The van der Waals surface area contributed by atoms with Crippen molar-refractivity contribution in [3.63, 3.8) is 0 Å². The normalized spacial score (nSPS) is 12.1. The van der Waals surface area contributed by atoms with Crippen LogP contribution in [0.3, 0.4) is 0 Å². The first-order valence-electron chi connectivity index (χ1n) is 21.9. The number of fused-ring (bicyclic) bond motifs is 12. The first-order valence-corrected chi connectivity index (χ1v) is 21.9. The summed E-state index contributed by atoms with van der Waals surface area (Å²) in [6.45, 7) is 0. The van der Waals surface area contributed by atoms with Crippen molar-refractivity contribution in [1.82, 2.24) is 13.7 Å². The van der Waals surface area contributed by atoms with Crippen LogP contribution in [-0.4, -0.2) is 13.7 Å². The summed E-state index contributed by atoms with van der Waals surface area (Å²) >= 11 is 0. The Morgan fingerprint density at radius 1 is 0.219 bits per heavy atom. The molecule has 0 aliphatic heterocycles. The van der Waals surface area contributed by atoms with Gasteiger partial charge in [0.15, 0.2) is 0 Å². The molecule has 0 bridgehead atoms. The van der Waals surface area contributed by atoms with Crippen LogP contribution in [0.4, 0.5) is 0 Å². The Kier molecular flexibility index (Phi) is 7.36. The van der Waals surface area contributed by atoms with E-state index in [2.05, 4.69) is 238 Å². The summed E-state index contributed by atoms with van der Waals surface area (Å²) in [4.78, 5) is 0. The lowest BCUT2D eigenvalue weighted by Crippen LogP contribution is -1.94. The third kappa shape index (κ3) is 5.11. The zero-order valence-corrected chi connectivity index (χ0v) is 34.6. The molecular weight excluding hydrogens is 779 g/mol. The summed E-state index contributed by atoms with van der Waals surface area (Å²) in [6.07, 6.45) is 0. The van der Waals surface area contributed by atoms with Crippen LogP contribution in [0.2, 0.25) is 0 Å². The van der Waals surface area contributed by atoms with Crippen LogP contribution in [-0.2, 0) is 0 Å². The molecule has 4 heterocycles. The molecule has 0 aliphatic rings. The molecule has 0 radical (unpaired) electrons. The maximum absolute atomic E-state index is 6.50. The van der Waals surface area contributed by atoms with Gasteiger partial charge < -0.3 is 18.1 Å². The summed E-state index contributed by atoms with van der Waals surface area (Å²) in [5.41, 5.74) is 17.0. The minimum absolute atomic E-state index is 0.878. The Morgan fingerprint density at radius 2 is 0.594 bits per heavy atom. The number of aromatic nitrogens is 3. The lowest BCUT2D eigenvalue weighted by Gasteiger charge is -2.11. The minimum atomic E-state index is 0.878. The van der Waals surface area contributed by atoms with E-state index in [1.807, 2.05) is 0 Å². The Bertz CT molecular complexity index is 4140. The highest BCUT2D eigenvalue weighted by atomic mass is 16.3. The van der Waals surface area contributed by atoms with Gasteiger partial charge in [-0.2, -0.15) is 0 Å². The van der Waals surface area contributed by atoms with Gasteiger partial charge in [-0.25, -0.2) is 0 Å². The molecule has 0 saturated carbocycles. The second-order valence-electron chi connectivity index (χ2n) is 16.9. The highest BCUT2D eigenvalue weighted by Gasteiger charge is 2.18. The molecule has 10 aromatic carbocycles. The third-order valence-corrected chi connectivity index (χ3v) is 13.4. The average molecular weight is 816 g/mol. The van der Waals surface area contributed by atoms with E-state index in [1.54, 1.807) is 0 Å². The molecule has 14 aromatic rings. The fourth-order valence-electron chi connectivity index (χ4n) is 10.5. The van der Waals surface area contributed by atoms with Crippen LogP contribution in [0.5, 0.6) is 0 Å². The van der Waals surface area contributed by atoms with Gasteiger partial charge in [-0.3, -0.25) is 0 Å². The Labute approximate surface area is 367 Å². The molecule has 0 saturated heterocycles. The molecule has 0 amide bonds. The quantitative estimate of drug-likeness (QED) is 0.170. The van der Waals surface area contributed by atoms with Crippen molar-refractivity contribution in [3.8, 4) is 39.3 Å². The van der Waals surface area contributed by atoms with Crippen LogP contribution >= 0.6 is 0 Å². The summed E-state index contributed by atoms with van der Waals surface area (Å²) in [5.74, 6) is 0. The Balaban J connectivity index is 0.884. The maximum Gasteiger partial charge on any atom is 0.135 e. The molecule has 298 valence electrons. The van der Waals surface area contributed by atoms with Crippen molar-refractivity contribution in [2.75, 3.05) is 0 Å². The molecule has 64 heavy (non-hydrogen) atoms. The molecule has 0 N–H and O–H groups in total. The fraction of sp³-hybridized carbons (Fsp3) is 0. The van der Waals surface area contributed by atoms with Crippen molar-refractivity contribution in [1.29, 1.82) is 0 Å². The fourth-order valence-corrected chi connectivity index (χ4v) is 10.5. The van der Waals surface area contributed by atoms with E-state index in [-0.39, 0.29) is 0 Å². The van der Waals surface area contributed by atoms with E-state index in [0.29, 0.717) is 0 Å². The van der Waals surface area contributed by atoms with E-state index >= 15 is 0 Å². The lowest BCUT2D eigenvalue weighted by molar-refractivity contribution is 0.669. The van der Waals surface area contributed by atoms with E-state index in [9.17, 15) is 0 Å². The Hall–Kier alpha value is -8.60. The monoisotopic (exact) mass is 815 g/mol. The van der Waals surface area contributed by atoms with E-state index in [1.165, 1.54) is 82.1 Å². The molecule has 0 fully saturated rings. The number of para-hydroxylation sites is 5. The molecule has 4 heteroatoms. The highest BCUT2D eigenvalue weighted by molar-refractivity contribution is 6.14. The van der Waals surface area contributed by atoms with Crippen LogP contribution in [0.25, 0.3) is 127 Å². The second-order valence-corrected chi connectivity index (χ2v) is 16.9. The molecular formula is C60H37N3O. The topological polar surface area (TPSA) is 27.9 Å². The number of rotatable bonds is 5. The number of benzene rings is 10. The standard InChI is InChI=1S/C60H37N3O/c1-2-14-42(15-3-1)61-55-23-10-6-19-47(55)49-35-40(26-29-57(49)61)41-27-31-59-51(36-41)52-37-44(28-32-60(52)64-59)63-56-24-11-7-20-48(56)50-34-39(25-30-58(50)63)38-13-12-16-43(33-38)62-53-21-8-4-17-45(53)46-18-5-9-22-54(46)62/h1-37H. The van der Waals surface area contributed by atoms with Gasteiger partial charge in [-0.15, -0.1) is 0 Å².